The van der Waals surface area contributed by atoms with Crippen molar-refractivity contribution in [1.29, 1.82) is 0 Å². The van der Waals surface area contributed by atoms with E-state index in [0.717, 1.165) is 24.6 Å². The molecule has 1 heterocycles. The van der Waals surface area contributed by atoms with Crippen molar-refractivity contribution in [2.75, 3.05) is 20.3 Å². The maximum absolute atomic E-state index is 5.83. The summed E-state index contributed by atoms with van der Waals surface area (Å²) in [5.74, 6) is 1.56. The molecule has 4 heteroatoms. The van der Waals surface area contributed by atoms with Crippen LogP contribution in [0.1, 0.15) is 25.6 Å². The quantitative estimate of drug-likeness (QED) is 0.810. The van der Waals surface area contributed by atoms with Crippen LogP contribution in [0.3, 0.4) is 0 Å². The van der Waals surface area contributed by atoms with Crippen LogP contribution in [0.2, 0.25) is 0 Å². The molecule has 0 bridgehead atoms. The van der Waals surface area contributed by atoms with Gasteiger partial charge in [0.1, 0.15) is 6.61 Å². The van der Waals surface area contributed by atoms with Crippen molar-refractivity contribution >= 4 is 0 Å². The van der Waals surface area contributed by atoms with E-state index in [4.69, 9.17) is 9.47 Å². The molecule has 114 valence electrons. The standard InChI is InChI=1S/C17H24N2O2/c1-4-18-14(2)15-8-7-11-19(15)12-13-21-17-10-6-5-9-16(17)20-3/h5-11,14,18H,4,12-13H2,1-3H3. The predicted molar refractivity (Wildman–Crippen MR) is 85.0 cm³/mol. The average Bonchev–Trinajstić information content (AvgIpc) is 2.96. The van der Waals surface area contributed by atoms with Crippen molar-refractivity contribution in [2.24, 2.45) is 0 Å². The number of ether oxygens (including phenoxy) is 2. The number of hydrogen-bond donors (Lipinski definition) is 1. The first-order chi connectivity index (χ1) is 10.3. The Morgan fingerprint density at radius 2 is 1.90 bits per heavy atom. The lowest BCUT2D eigenvalue weighted by Crippen LogP contribution is -2.21. The summed E-state index contributed by atoms with van der Waals surface area (Å²) < 4.78 is 13.3. The highest BCUT2D eigenvalue weighted by Crippen LogP contribution is 2.25. The second-order valence-corrected chi connectivity index (χ2v) is 4.91. The maximum atomic E-state index is 5.83. The molecule has 2 aromatic rings. The van der Waals surface area contributed by atoms with Gasteiger partial charge >= 0.3 is 0 Å². The molecule has 1 unspecified atom stereocenters. The Kier molecular flexibility index (Phi) is 5.69. The van der Waals surface area contributed by atoms with Gasteiger partial charge in [0.25, 0.3) is 0 Å². The Morgan fingerprint density at radius 1 is 1.14 bits per heavy atom. The van der Waals surface area contributed by atoms with E-state index in [-0.39, 0.29) is 0 Å². The molecule has 1 atom stereocenters. The third kappa shape index (κ3) is 4.02. The van der Waals surface area contributed by atoms with Gasteiger partial charge in [-0.1, -0.05) is 19.1 Å². The van der Waals surface area contributed by atoms with Gasteiger partial charge in [0.15, 0.2) is 11.5 Å². The molecular weight excluding hydrogens is 264 g/mol. The van der Waals surface area contributed by atoms with Gasteiger partial charge in [0, 0.05) is 17.9 Å². The SMILES string of the molecule is CCNC(C)c1cccn1CCOc1ccccc1OC. The first-order valence-corrected chi connectivity index (χ1v) is 7.40. The fourth-order valence-electron chi connectivity index (χ4n) is 2.43. The summed E-state index contributed by atoms with van der Waals surface area (Å²) in [6.45, 7) is 6.69. The summed E-state index contributed by atoms with van der Waals surface area (Å²) in [4.78, 5) is 0. The molecular formula is C17H24N2O2. The van der Waals surface area contributed by atoms with Crippen molar-refractivity contribution in [2.45, 2.75) is 26.4 Å². The smallest absolute Gasteiger partial charge is 0.161 e. The fraction of sp³-hybridized carbons (Fsp3) is 0.412. The van der Waals surface area contributed by atoms with Gasteiger partial charge in [0.05, 0.1) is 13.7 Å². The lowest BCUT2D eigenvalue weighted by molar-refractivity contribution is 0.277. The third-order valence-electron chi connectivity index (χ3n) is 3.48. The Bertz CT molecular complexity index is 551. The molecule has 0 saturated carbocycles. The Balaban J connectivity index is 1.93. The van der Waals surface area contributed by atoms with Crippen molar-refractivity contribution in [3.8, 4) is 11.5 Å². The van der Waals surface area contributed by atoms with Crippen LogP contribution in [0, 0.1) is 0 Å². The van der Waals surface area contributed by atoms with Crippen LogP contribution in [0.25, 0.3) is 0 Å². The predicted octanol–water partition coefficient (Wildman–Crippen LogP) is 3.25. The summed E-state index contributed by atoms with van der Waals surface area (Å²) in [7, 11) is 1.66. The van der Waals surface area contributed by atoms with Crippen LogP contribution in [0.5, 0.6) is 11.5 Å². The molecule has 0 spiro atoms. The van der Waals surface area contributed by atoms with Crippen molar-refractivity contribution in [3.05, 3.63) is 48.3 Å². The second-order valence-electron chi connectivity index (χ2n) is 4.91. The van der Waals surface area contributed by atoms with E-state index in [1.807, 2.05) is 24.3 Å². The van der Waals surface area contributed by atoms with Gasteiger partial charge in [0.2, 0.25) is 0 Å². The molecule has 1 aromatic carbocycles. The number of nitrogens with one attached hydrogen (secondary N) is 1. The zero-order valence-electron chi connectivity index (χ0n) is 13.0. The number of nitrogens with zero attached hydrogens (tertiary/aromatic N) is 1. The highest BCUT2D eigenvalue weighted by Gasteiger charge is 2.09. The first-order valence-electron chi connectivity index (χ1n) is 7.40. The van der Waals surface area contributed by atoms with Crippen LogP contribution in [-0.2, 0) is 6.54 Å². The van der Waals surface area contributed by atoms with E-state index < -0.39 is 0 Å². The van der Waals surface area contributed by atoms with Crippen LogP contribution in [0.15, 0.2) is 42.6 Å². The summed E-state index contributed by atoms with van der Waals surface area (Å²) in [5, 5.41) is 3.43. The van der Waals surface area contributed by atoms with Crippen molar-refractivity contribution in [1.82, 2.24) is 9.88 Å². The lowest BCUT2D eigenvalue weighted by atomic mass is 10.2. The molecule has 0 aliphatic carbocycles. The molecule has 4 nitrogen and oxygen atoms in total. The van der Waals surface area contributed by atoms with E-state index in [2.05, 4.69) is 42.1 Å². The third-order valence-corrected chi connectivity index (χ3v) is 3.48. The van der Waals surface area contributed by atoms with Crippen LogP contribution < -0.4 is 14.8 Å². The van der Waals surface area contributed by atoms with Gasteiger partial charge in [-0.2, -0.15) is 0 Å². The summed E-state index contributed by atoms with van der Waals surface area (Å²) in [6, 6.07) is 12.3. The Morgan fingerprint density at radius 3 is 2.62 bits per heavy atom. The maximum Gasteiger partial charge on any atom is 0.161 e. The fourth-order valence-corrected chi connectivity index (χ4v) is 2.43. The second kappa shape index (κ2) is 7.74. The number of rotatable bonds is 8. The Hall–Kier alpha value is -1.94. The number of benzene rings is 1. The van der Waals surface area contributed by atoms with Gasteiger partial charge < -0.3 is 19.4 Å². The molecule has 0 amide bonds. The summed E-state index contributed by atoms with van der Waals surface area (Å²) >= 11 is 0. The number of para-hydroxylation sites is 2. The minimum atomic E-state index is 0.344. The topological polar surface area (TPSA) is 35.4 Å². The zero-order chi connectivity index (χ0) is 15.1. The van der Waals surface area contributed by atoms with E-state index in [0.29, 0.717) is 12.6 Å². The average molecular weight is 288 g/mol. The van der Waals surface area contributed by atoms with Crippen LogP contribution in [0.4, 0.5) is 0 Å². The minimum Gasteiger partial charge on any atom is -0.493 e. The van der Waals surface area contributed by atoms with Gasteiger partial charge in [-0.3, -0.25) is 0 Å². The van der Waals surface area contributed by atoms with Crippen LogP contribution >= 0.6 is 0 Å². The highest BCUT2D eigenvalue weighted by atomic mass is 16.5. The van der Waals surface area contributed by atoms with E-state index in [1.54, 1.807) is 7.11 Å². The molecule has 1 N–H and O–H groups in total. The van der Waals surface area contributed by atoms with Gasteiger partial charge in [-0.05, 0) is 37.7 Å². The zero-order valence-corrected chi connectivity index (χ0v) is 13.0. The summed E-state index contributed by atoms with van der Waals surface area (Å²) in [5.41, 5.74) is 1.28. The lowest BCUT2D eigenvalue weighted by Gasteiger charge is -2.17. The molecule has 0 fully saturated rings. The van der Waals surface area contributed by atoms with Crippen molar-refractivity contribution < 1.29 is 9.47 Å². The molecule has 1 aromatic heterocycles. The van der Waals surface area contributed by atoms with Gasteiger partial charge in [-0.25, -0.2) is 0 Å². The summed E-state index contributed by atoms with van der Waals surface area (Å²) in [6.07, 6.45) is 2.09. The highest BCUT2D eigenvalue weighted by molar-refractivity contribution is 5.39. The van der Waals surface area contributed by atoms with Gasteiger partial charge in [-0.15, -0.1) is 0 Å². The van der Waals surface area contributed by atoms with E-state index >= 15 is 0 Å². The molecule has 21 heavy (non-hydrogen) atoms. The number of hydrogen-bond acceptors (Lipinski definition) is 3. The van der Waals surface area contributed by atoms with Crippen LogP contribution in [-0.4, -0.2) is 24.8 Å². The molecule has 0 aliphatic heterocycles. The molecule has 0 aliphatic rings. The van der Waals surface area contributed by atoms with E-state index in [1.165, 1.54) is 5.69 Å². The Labute approximate surface area is 126 Å². The molecule has 0 saturated heterocycles. The van der Waals surface area contributed by atoms with E-state index in [9.17, 15) is 0 Å². The monoisotopic (exact) mass is 288 g/mol. The minimum absolute atomic E-state index is 0.344. The largest absolute Gasteiger partial charge is 0.493 e. The molecule has 0 radical (unpaired) electrons. The number of aromatic nitrogens is 1. The number of methoxy groups -OCH3 is 1. The normalized spacial score (nSPS) is 12.1. The first kappa shape index (κ1) is 15.4. The molecule has 2 rings (SSSR count). The van der Waals surface area contributed by atoms with Crippen molar-refractivity contribution in [3.63, 3.8) is 0 Å².